The fraction of sp³-hybridized carbons (Fsp3) is 0.393. The first-order valence-electron chi connectivity index (χ1n) is 13.9. The number of amides is 2. The van der Waals surface area contributed by atoms with Crippen LogP contribution in [0.5, 0.6) is 0 Å². The number of aromatic nitrogens is 1. The van der Waals surface area contributed by atoms with Crippen LogP contribution in [-0.2, 0) is 32.4 Å². The van der Waals surface area contributed by atoms with Crippen molar-refractivity contribution in [3.63, 3.8) is 0 Å². The molecule has 0 saturated heterocycles. The standard InChI is InChI=1S/C28H37F3N8O4S/c29-28(30,31)21-9-7-19(8-10-21)16-25(27(41)37-22-17-20-4-1-2-6-24(20)35-18-22)38-26(40)23(34)5-3-13-36-44(42,43)39(14-11-32)15-12-33/h1-2,4,6-10,17-18,23,25,36H,3,5,11-16,32-34H2,(H,37,41)(H,38,40)/t23-,25+/m0/s1. The summed E-state index contributed by atoms with van der Waals surface area (Å²) in [7, 11) is -3.83. The van der Waals surface area contributed by atoms with Crippen LogP contribution in [0.25, 0.3) is 10.9 Å². The maximum absolute atomic E-state index is 13.3. The summed E-state index contributed by atoms with van der Waals surface area (Å²) in [6.07, 6.45) is -2.93. The molecule has 1 aromatic heterocycles. The highest BCUT2D eigenvalue weighted by Crippen LogP contribution is 2.29. The molecule has 0 bridgehead atoms. The van der Waals surface area contributed by atoms with E-state index in [9.17, 15) is 31.2 Å². The van der Waals surface area contributed by atoms with Gasteiger partial charge in [0, 0.05) is 44.5 Å². The lowest BCUT2D eigenvalue weighted by Crippen LogP contribution is -2.51. The van der Waals surface area contributed by atoms with Crippen molar-refractivity contribution in [2.45, 2.75) is 37.5 Å². The quantitative estimate of drug-likeness (QED) is 0.125. The van der Waals surface area contributed by atoms with Gasteiger partial charge in [-0.25, -0.2) is 4.72 Å². The molecule has 240 valence electrons. The molecule has 3 rings (SSSR count). The molecule has 0 radical (unpaired) electrons. The largest absolute Gasteiger partial charge is 0.416 e. The summed E-state index contributed by atoms with van der Waals surface area (Å²) in [6, 6.07) is 10.9. The number of anilines is 1. The number of para-hydroxylation sites is 1. The van der Waals surface area contributed by atoms with E-state index in [1.54, 1.807) is 12.1 Å². The Hall–Kier alpha value is -3.67. The Morgan fingerprint density at radius 3 is 2.27 bits per heavy atom. The number of rotatable bonds is 16. The molecular formula is C28H37F3N8O4S. The SMILES string of the molecule is NCCN(CCN)S(=O)(=O)NCCC[C@H](N)C(=O)N[C@H](Cc1ccc(C(F)(F)F)cc1)C(=O)Nc1cnc2ccccc2c1. The van der Waals surface area contributed by atoms with Crippen molar-refractivity contribution < 1.29 is 31.2 Å². The molecule has 1 heterocycles. The molecule has 44 heavy (non-hydrogen) atoms. The zero-order valence-electron chi connectivity index (χ0n) is 23.9. The third-order valence-corrected chi connectivity index (χ3v) is 8.24. The van der Waals surface area contributed by atoms with Gasteiger partial charge in [0.2, 0.25) is 11.8 Å². The minimum absolute atomic E-state index is 0.0145. The van der Waals surface area contributed by atoms with Crippen molar-refractivity contribution in [2.75, 3.05) is 38.0 Å². The van der Waals surface area contributed by atoms with Gasteiger partial charge in [0.15, 0.2) is 0 Å². The van der Waals surface area contributed by atoms with Gasteiger partial charge in [0.1, 0.15) is 6.04 Å². The van der Waals surface area contributed by atoms with Crippen LogP contribution < -0.4 is 32.6 Å². The first-order valence-corrected chi connectivity index (χ1v) is 15.3. The van der Waals surface area contributed by atoms with Gasteiger partial charge in [-0.3, -0.25) is 14.6 Å². The van der Waals surface area contributed by atoms with E-state index >= 15 is 0 Å². The minimum Gasteiger partial charge on any atom is -0.343 e. The Bertz CT molecular complexity index is 1500. The van der Waals surface area contributed by atoms with E-state index in [1.807, 2.05) is 18.2 Å². The molecular weight excluding hydrogens is 601 g/mol. The van der Waals surface area contributed by atoms with Crippen molar-refractivity contribution >= 4 is 38.6 Å². The van der Waals surface area contributed by atoms with E-state index in [0.29, 0.717) is 16.8 Å². The maximum Gasteiger partial charge on any atom is 0.416 e. The fourth-order valence-corrected chi connectivity index (χ4v) is 5.58. The molecule has 0 aliphatic rings. The Morgan fingerprint density at radius 1 is 0.977 bits per heavy atom. The van der Waals surface area contributed by atoms with Gasteiger partial charge >= 0.3 is 6.18 Å². The molecule has 0 aliphatic carbocycles. The molecule has 0 fully saturated rings. The lowest BCUT2D eigenvalue weighted by molar-refractivity contribution is -0.137. The molecule has 12 nitrogen and oxygen atoms in total. The summed E-state index contributed by atoms with van der Waals surface area (Å²) in [5.41, 5.74) is 17.6. The van der Waals surface area contributed by atoms with Crippen LogP contribution in [0.2, 0.25) is 0 Å². The van der Waals surface area contributed by atoms with Gasteiger partial charge in [0.05, 0.1) is 29.0 Å². The highest BCUT2D eigenvalue weighted by Gasteiger charge is 2.30. The van der Waals surface area contributed by atoms with Crippen LogP contribution in [0, 0.1) is 0 Å². The summed E-state index contributed by atoms with van der Waals surface area (Å²) >= 11 is 0. The van der Waals surface area contributed by atoms with Crippen molar-refractivity contribution in [1.82, 2.24) is 19.3 Å². The Kier molecular flexibility index (Phi) is 12.6. The van der Waals surface area contributed by atoms with Gasteiger partial charge in [-0.05, 0) is 42.7 Å². The summed E-state index contributed by atoms with van der Waals surface area (Å²) in [4.78, 5) is 30.6. The first kappa shape index (κ1) is 34.8. The number of hydrogen-bond donors (Lipinski definition) is 6. The number of alkyl halides is 3. The zero-order chi connectivity index (χ0) is 32.3. The number of nitrogens with two attached hydrogens (primary N) is 3. The van der Waals surface area contributed by atoms with Crippen LogP contribution in [0.3, 0.4) is 0 Å². The molecule has 0 saturated carbocycles. The zero-order valence-corrected chi connectivity index (χ0v) is 24.7. The Balaban J connectivity index is 1.67. The van der Waals surface area contributed by atoms with E-state index in [0.717, 1.165) is 21.8 Å². The highest BCUT2D eigenvalue weighted by atomic mass is 32.2. The van der Waals surface area contributed by atoms with Crippen LogP contribution in [0.15, 0.2) is 60.8 Å². The number of nitrogens with zero attached hydrogens (tertiary/aromatic N) is 2. The predicted molar refractivity (Wildman–Crippen MR) is 161 cm³/mol. The second-order valence-electron chi connectivity index (χ2n) is 9.99. The third-order valence-electron chi connectivity index (χ3n) is 6.62. The minimum atomic E-state index is -4.53. The molecule has 0 spiro atoms. The molecule has 3 aromatic rings. The average Bonchev–Trinajstić information content (AvgIpc) is 2.98. The molecule has 9 N–H and O–H groups in total. The van der Waals surface area contributed by atoms with Gasteiger partial charge in [0.25, 0.3) is 10.2 Å². The number of carbonyl (C=O) groups excluding carboxylic acids is 2. The molecule has 2 atom stereocenters. The van der Waals surface area contributed by atoms with E-state index in [-0.39, 0.29) is 52.0 Å². The van der Waals surface area contributed by atoms with Gasteiger partial charge in [-0.15, -0.1) is 0 Å². The van der Waals surface area contributed by atoms with Gasteiger partial charge < -0.3 is 27.8 Å². The summed E-state index contributed by atoms with van der Waals surface area (Å²) < 4.78 is 67.6. The van der Waals surface area contributed by atoms with Crippen molar-refractivity contribution in [3.05, 3.63) is 71.9 Å². The molecule has 0 aliphatic heterocycles. The number of nitrogens with one attached hydrogen (secondary N) is 3. The van der Waals surface area contributed by atoms with E-state index in [2.05, 4.69) is 20.3 Å². The summed E-state index contributed by atoms with van der Waals surface area (Å²) in [5, 5.41) is 6.05. The Morgan fingerprint density at radius 2 is 1.64 bits per heavy atom. The second-order valence-corrected chi connectivity index (χ2v) is 11.7. The van der Waals surface area contributed by atoms with E-state index in [1.165, 1.54) is 18.3 Å². The third kappa shape index (κ3) is 10.2. The number of halogens is 3. The molecule has 2 aromatic carbocycles. The molecule has 2 amide bonds. The van der Waals surface area contributed by atoms with Crippen molar-refractivity contribution in [2.24, 2.45) is 17.2 Å². The summed E-state index contributed by atoms with van der Waals surface area (Å²) in [5.74, 6) is -1.32. The van der Waals surface area contributed by atoms with Crippen molar-refractivity contribution in [1.29, 1.82) is 0 Å². The van der Waals surface area contributed by atoms with Crippen LogP contribution >= 0.6 is 0 Å². The predicted octanol–water partition coefficient (Wildman–Crippen LogP) is 1.08. The number of hydrogen-bond acceptors (Lipinski definition) is 8. The van der Waals surface area contributed by atoms with Gasteiger partial charge in [-0.1, -0.05) is 30.3 Å². The van der Waals surface area contributed by atoms with Crippen molar-refractivity contribution in [3.8, 4) is 0 Å². The molecule has 16 heteroatoms. The average molecular weight is 639 g/mol. The monoisotopic (exact) mass is 638 g/mol. The van der Waals surface area contributed by atoms with E-state index in [4.69, 9.17) is 17.2 Å². The maximum atomic E-state index is 13.3. The van der Waals surface area contributed by atoms with E-state index < -0.39 is 45.8 Å². The number of benzene rings is 2. The lowest BCUT2D eigenvalue weighted by atomic mass is 10.0. The normalized spacial score (nSPS) is 13.5. The highest BCUT2D eigenvalue weighted by molar-refractivity contribution is 7.87. The number of carbonyl (C=O) groups is 2. The summed E-state index contributed by atoms with van der Waals surface area (Å²) in [6.45, 7) is 0.396. The fourth-order valence-electron chi connectivity index (χ4n) is 4.31. The Labute approximate surface area is 253 Å². The van der Waals surface area contributed by atoms with Crippen LogP contribution in [0.1, 0.15) is 24.0 Å². The lowest BCUT2D eigenvalue weighted by Gasteiger charge is -2.22. The number of fused-ring (bicyclic) bond motifs is 1. The first-order chi connectivity index (χ1) is 20.8. The van der Waals surface area contributed by atoms with Crippen LogP contribution in [0.4, 0.5) is 18.9 Å². The van der Waals surface area contributed by atoms with Gasteiger partial charge in [-0.2, -0.15) is 25.9 Å². The molecule has 0 unspecified atom stereocenters. The number of pyridine rings is 1. The smallest absolute Gasteiger partial charge is 0.343 e. The van der Waals surface area contributed by atoms with Crippen LogP contribution in [-0.4, -0.2) is 74.3 Å². The topological polar surface area (TPSA) is 199 Å². The second kappa shape index (κ2) is 15.9.